The Morgan fingerprint density at radius 1 is 0.789 bits per heavy atom. The maximum atomic E-state index is 4.58. The molecule has 0 saturated heterocycles. The van der Waals surface area contributed by atoms with Crippen LogP contribution in [-0.4, -0.2) is 15.0 Å². The summed E-state index contributed by atoms with van der Waals surface area (Å²) in [4.78, 5) is 13.7. The first-order valence-corrected chi connectivity index (χ1v) is 7.28. The van der Waals surface area contributed by atoms with Crippen molar-refractivity contribution in [2.24, 2.45) is 0 Å². The molecule has 1 aromatic carbocycles. The van der Waals surface area contributed by atoms with Crippen molar-refractivity contribution in [3.8, 4) is 11.4 Å². The minimum atomic E-state index is 0.301. The Bertz CT molecular complexity index is 536. The van der Waals surface area contributed by atoms with E-state index in [1.165, 1.54) is 0 Å². The predicted molar refractivity (Wildman–Crippen MR) is 81.1 cm³/mol. The third kappa shape index (κ3) is 3.38. The fraction of sp³-hybridized carbons (Fsp3) is 0.400. The van der Waals surface area contributed by atoms with Crippen LogP contribution in [0.3, 0.4) is 0 Å². The lowest BCUT2D eigenvalue weighted by Crippen LogP contribution is -2.08. The van der Waals surface area contributed by atoms with Gasteiger partial charge in [-0.2, -0.15) is 0 Å². The Morgan fingerprint density at radius 2 is 1.26 bits per heavy atom. The van der Waals surface area contributed by atoms with E-state index < -0.39 is 0 Å². The summed E-state index contributed by atoms with van der Waals surface area (Å²) < 4.78 is 1.05. The van der Waals surface area contributed by atoms with E-state index in [4.69, 9.17) is 0 Å². The van der Waals surface area contributed by atoms with Crippen LogP contribution in [0.4, 0.5) is 0 Å². The molecule has 0 unspecified atom stereocenters. The van der Waals surface area contributed by atoms with Gasteiger partial charge in [0.2, 0.25) is 0 Å². The van der Waals surface area contributed by atoms with Gasteiger partial charge in [0.25, 0.3) is 0 Å². The molecule has 100 valence electrons. The Balaban J connectivity index is 2.52. The van der Waals surface area contributed by atoms with Crippen molar-refractivity contribution < 1.29 is 0 Å². The number of hydrogen-bond acceptors (Lipinski definition) is 3. The van der Waals surface area contributed by atoms with E-state index in [9.17, 15) is 0 Å². The molecule has 3 nitrogen and oxygen atoms in total. The molecule has 4 heteroatoms. The molecule has 0 saturated carbocycles. The first-order valence-electron chi connectivity index (χ1n) is 6.49. The van der Waals surface area contributed by atoms with Gasteiger partial charge in [-0.3, -0.25) is 0 Å². The fourth-order valence-corrected chi connectivity index (χ4v) is 1.92. The largest absolute Gasteiger partial charge is 0.217 e. The van der Waals surface area contributed by atoms with Gasteiger partial charge >= 0.3 is 0 Å². The van der Waals surface area contributed by atoms with Crippen LogP contribution in [0.2, 0.25) is 0 Å². The minimum Gasteiger partial charge on any atom is -0.217 e. The van der Waals surface area contributed by atoms with Gasteiger partial charge in [0.15, 0.2) is 5.82 Å². The second-order valence-corrected chi connectivity index (χ2v) is 6.11. The maximum absolute atomic E-state index is 4.58. The summed E-state index contributed by atoms with van der Waals surface area (Å²) >= 11 is 3.44. The van der Waals surface area contributed by atoms with Crippen LogP contribution in [0.5, 0.6) is 0 Å². The van der Waals surface area contributed by atoms with E-state index in [2.05, 4.69) is 58.6 Å². The molecule has 1 heterocycles. The molecule has 0 N–H and O–H groups in total. The fourth-order valence-electron chi connectivity index (χ4n) is 1.65. The number of aromatic nitrogens is 3. The molecule has 0 spiro atoms. The average Bonchev–Trinajstić information content (AvgIpc) is 2.39. The quantitative estimate of drug-likeness (QED) is 0.833. The van der Waals surface area contributed by atoms with Crippen LogP contribution in [0.1, 0.15) is 51.2 Å². The number of nitrogens with zero attached hydrogens (tertiary/aromatic N) is 3. The summed E-state index contributed by atoms with van der Waals surface area (Å²) in [5.41, 5.74) is 1.02. The molecule has 0 aliphatic heterocycles. The summed E-state index contributed by atoms with van der Waals surface area (Å²) in [5.74, 6) is 3.08. The van der Waals surface area contributed by atoms with Gasteiger partial charge in [0.05, 0.1) is 0 Å². The van der Waals surface area contributed by atoms with Gasteiger partial charge in [-0.05, 0) is 12.1 Å². The third-order valence-electron chi connectivity index (χ3n) is 2.81. The average molecular weight is 320 g/mol. The number of benzene rings is 1. The standard InChI is InChI=1S/C15H18BrN3/c1-9(2)13-17-14(10(3)4)19-15(18-13)11-5-7-12(16)8-6-11/h5-10H,1-4H3. The third-order valence-corrected chi connectivity index (χ3v) is 3.33. The van der Waals surface area contributed by atoms with Gasteiger partial charge in [0, 0.05) is 21.9 Å². The molecule has 0 fully saturated rings. The second-order valence-electron chi connectivity index (χ2n) is 5.19. The topological polar surface area (TPSA) is 38.7 Å². The molecular weight excluding hydrogens is 302 g/mol. The predicted octanol–water partition coefficient (Wildman–Crippen LogP) is 4.55. The molecule has 0 aliphatic rings. The maximum Gasteiger partial charge on any atom is 0.163 e. The first kappa shape index (κ1) is 14.1. The molecule has 2 rings (SSSR count). The van der Waals surface area contributed by atoms with E-state index in [0.717, 1.165) is 27.5 Å². The van der Waals surface area contributed by atoms with Gasteiger partial charge in [-0.15, -0.1) is 0 Å². The van der Waals surface area contributed by atoms with Crippen molar-refractivity contribution >= 4 is 15.9 Å². The lowest BCUT2D eigenvalue weighted by atomic mass is 10.1. The van der Waals surface area contributed by atoms with E-state index in [0.29, 0.717) is 11.8 Å². The van der Waals surface area contributed by atoms with Crippen LogP contribution in [0.15, 0.2) is 28.7 Å². The van der Waals surface area contributed by atoms with E-state index >= 15 is 0 Å². The molecule has 2 aromatic rings. The van der Waals surface area contributed by atoms with Crippen LogP contribution in [0, 0.1) is 0 Å². The number of hydrogen-bond donors (Lipinski definition) is 0. The molecule has 0 atom stereocenters. The van der Waals surface area contributed by atoms with Gasteiger partial charge < -0.3 is 0 Å². The van der Waals surface area contributed by atoms with Crippen molar-refractivity contribution in [3.63, 3.8) is 0 Å². The Morgan fingerprint density at radius 3 is 1.68 bits per heavy atom. The highest BCUT2D eigenvalue weighted by atomic mass is 79.9. The lowest BCUT2D eigenvalue weighted by molar-refractivity contribution is 0.697. The molecule has 0 bridgehead atoms. The zero-order valence-corrected chi connectivity index (χ0v) is 13.3. The minimum absolute atomic E-state index is 0.301. The monoisotopic (exact) mass is 319 g/mol. The van der Waals surface area contributed by atoms with Crippen LogP contribution in [-0.2, 0) is 0 Å². The van der Waals surface area contributed by atoms with E-state index in [1.807, 2.05) is 24.3 Å². The van der Waals surface area contributed by atoms with Crippen LogP contribution < -0.4 is 0 Å². The summed E-state index contributed by atoms with van der Waals surface area (Å²) in [7, 11) is 0. The normalized spacial score (nSPS) is 11.3. The highest BCUT2D eigenvalue weighted by Crippen LogP contribution is 2.22. The number of rotatable bonds is 3. The van der Waals surface area contributed by atoms with Crippen LogP contribution >= 0.6 is 15.9 Å². The highest BCUT2D eigenvalue weighted by Gasteiger charge is 2.13. The number of halogens is 1. The van der Waals surface area contributed by atoms with Crippen molar-refractivity contribution in [2.45, 2.75) is 39.5 Å². The van der Waals surface area contributed by atoms with Crippen molar-refractivity contribution in [3.05, 3.63) is 40.4 Å². The second kappa shape index (κ2) is 5.78. The Hall–Kier alpha value is -1.29. The molecule has 1 aromatic heterocycles. The van der Waals surface area contributed by atoms with Crippen molar-refractivity contribution in [2.75, 3.05) is 0 Å². The zero-order chi connectivity index (χ0) is 14.0. The molecule has 0 amide bonds. The smallest absolute Gasteiger partial charge is 0.163 e. The first-order chi connectivity index (χ1) is 8.97. The van der Waals surface area contributed by atoms with Gasteiger partial charge in [-0.25, -0.2) is 15.0 Å². The van der Waals surface area contributed by atoms with Crippen molar-refractivity contribution in [1.82, 2.24) is 15.0 Å². The molecule has 0 radical (unpaired) electrons. The zero-order valence-electron chi connectivity index (χ0n) is 11.7. The SMILES string of the molecule is CC(C)c1nc(-c2ccc(Br)cc2)nc(C(C)C)n1. The van der Waals surface area contributed by atoms with E-state index in [1.54, 1.807) is 0 Å². The van der Waals surface area contributed by atoms with Crippen LogP contribution in [0.25, 0.3) is 11.4 Å². The Kier molecular flexibility index (Phi) is 4.30. The van der Waals surface area contributed by atoms with E-state index in [-0.39, 0.29) is 0 Å². The van der Waals surface area contributed by atoms with Gasteiger partial charge in [0.1, 0.15) is 11.6 Å². The summed E-state index contributed by atoms with van der Waals surface area (Å²) in [6, 6.07) is 8.05. The Labute approximate surface area is 122 Å². The van der Waals surface area contributed by atoms with Gasteiger partial charge in [-0.1, -0.05) is 55.8 Å². The molecular formula is C15H18BrN3. The lowest BCUT2D eigenvalue weighted by Gasteiger charge is -2.11. The summed E-state index contributed by atoms with van der Waals surface area (Å²) in [5, 5.41) is 0. The summed E-state index contributed by atoms with van der Waals surface area (Å²) in [6.45, 7) is 8.41. The highest BCUT2D eigenvalue weighted by molar-refractivity contribution is 9.10. The molecule has 19 heavy (non-hydrogen) atoms. The van der Waals surface area contributed by atoms with Crippen molar-refractivity contribution in [1.29, 1.82) is 0 Å². The summed E-state index contributed by atoms with van der Waals surface area (Å²) in [6.07, 6.45) is 0. The molecule has 0 aliphatic carbocycles.